The summed E-state index contributed by atoms with van der Waals surface area (Å²) in [7, 11) is 0. The minimum absolute atomic E-state index is 0.152. The van der Waals surface area contributed by atoms with Gasteiger partial charge in [0.15, 0.2) is 0 Å². The largest absolute Gasteiger partial charge is 0.316 e. The van der Waals surface area contributed by atoms with Crippen molar-refractivity contribution in [1.29, 1.82) is 0 Å². The van der Waals surface area contributed by atoms with E-state index in [1.54, 1.807) is 12.1 Å². The van der Waals surface area contributed by atoms with Crippen LogP contribution in [0.2, 0.25) is 0 Å². The Bertz CT molecular complexity index is 345. The summed E-state index contributed by atoms with van der Waals surface area (Å²) in [5.74, 6) is 1.70. The van der Waals surface area contributed by atoms with E-state index in [1.165, 1.54) is 12.0 Å². The summed E-state index contributed by atoms with van der Waals surface area (Å²) in [4.78, 5) is 0. The molecular formula is C17H28FN. The van der Waals surface area contributed by atoms with E-state index in [1.807, 2.05) is 12.1 Å². The minimum atomic E-state index is -0.152. The Hall–Kier alpha value is -0.890. The highest BCUT2D eigenvalue weighted by atomic mass is 19.1. The molecule has 0 spiro atoms. The molecule has 0 aliphatic heterocycles. The highest BCUT2D eigenvalue weighted by Gasteiger charge is 2.14. The summed E-state index contributed by atoms with van der Waals surface area (Å²) in [6.45, 7) is 11.0. The molecule has 1 aromatic rings. The Kier molecular flexibility index (Phi) is 7.07. The third-order valence-electron chi connectivity index (χ3n) is 3.67. The molecule has 0 saturated heterocycles. The fourth-order valence-corrected chi connectivity index (χ4v) is 2.27. The van der Waals surface area contributed by atoms with Gasteiger partial charge < -0.3 is 5.32 Å². The van der Waals surface area contributed by atoms with Crippen LogP contribution < -0.4 is 5.32 Å². The molecule has 2 heteroatoms. The van der Waals surface area contributed by atoms with Crippen molar-refractivity contribution in [3.8, 4) is 0 Å². The van der Waals surface area contributed by atoms with Crippen LogP contribution in [0.25, 0.3) is 0 Å². The normalized spacial score (nSPS) is 14.6. The van der Waals surface area contributed by atoms with Crippen LogP contribution in [-0.4, -0.2) is 13.1 Å². The van der Waals surface area contributed by atoms with E-state index in [4.69, 9.17) is 0 Å². The zero-order valence-corrected chi connectivity index (χ0v) is 12.7. The molecule has 0 bridgehead atoms. The molecule has 1 nitrogen and oxygen atoms in total. The molecular weight excluding hydrogens is 237 g/mol. The lowest BCUT2D eigenvalue weighted by molar-refractivity contribution is 0.425. The Labute approximate surface area is 117 Å². The fourth-order valence-electron chi connectivity index (χ4n) is 2.27. The van der Waals surface area contributed by atoms with Crippen LogP contribution in [0, 0.1) is 17.7 Å². The molecule has 2 atom stereocenters. The van der Waals surface area contributed by atoms with Gasteiger partial charge in [0.2, 0.25) is 0 Å². The van der Waals surface area contributed by atoms with E-state index in [0.717, 1.165) is 19.5 Å². The second-order valence-electron chi connectivity index (χ2n) is 6.05. The first-order valence-electron chi connectivity index (χ1n) is 7.49. The van der Waals surface area contributed by atoms with Gasteiger partial charge in [0.1, 0.15) is 5.82 Å². The molecule has 19 heavy (non-hydrogen) atoms. The van der Waals surface area contributed by atoms with Crippen LogP contribution in [0.1, 0.15) is 52.0 Å². The quantitative estimate of drug-likeness (QED) is 0.725. The van der Waals surface area contributed by atoms with Crippen molar-refractivity contribution in [2.24, 2.45) is 11.8 Å². The molecule has 0 fully saturated rings. The summed E-state index contributed by atoms with van der Waals surface area (Å²) in [5, 5.41) is 3.53. The lowest BCUT2D eigenvalue weighted by atomic mass is 9.88. The number of rotatable bonds is 8. The second kappa shape index (κ2) is 8.31. The van der Waals surface area contributed by atoms with E-state index in [-0.39, 0.29) is 5.82 Å². The minimum Gasteiger partial charge on any atom is -0.316 e. The van der Waals surface area contributed by atoms with Crippen LogP contribution in [-0.2, 0) is 0 Å². The molecule has 0 aliphatic carbocycles. The Morgan fingerprint density at radius 1 is 1.05 bits per heavy atom. The van der Waals surface area contributed by atoms with Gasteiger partial charge in [-0.15, -0.1) is 0 Å². The summed E-state index contributed by atoms with van der Waals surface area (Å²) < 4.78 is 13.0. The van der Waals surface area contributed by atoms with Gasteiger partial charge in [0.05, 0.1) is 0 Å². The topological polar surface area (TPSA) is 12.0 Å². The Morgan fingerprint density at radius 2 is 1.68 bits per heavy atom. The molecule has 0 heterocycles. The van der Waals surface area contributed by atoms with Crippen molar-refractivity contribution in [3.63, 3.8) is 0 Å². The third kappa shape index (κ3) is 6.20. The average Bonchev–Trinajstić information content (AvgIpc) is 2.38. The summed E-state index contributed by atoms with van der Waals surface area (Å²) >= 11 is 0. The summed E-state index contributed by atoms with van der Waals surface area (Å²) in [5.41, 5.74) is 1.25. The van der Waals surface area contributed by atoms with E-state index in [9.17, 15) is 4.39 Å². The first-order chi connectivity index (χ1) is 9.02. The smallest absolute Gasteiger partial charge is 0.123 e. The lowest BCUT2D eigenvalue weighted by Crippen LogP contribution is -2.26. The molecule has 1 rings (SSSR count). The van der Waals surface area contributed by atoms with Gasteiger partial charge in [-0.3, -0.25) is 0 Å². The molecule has 0 saturated carbocycles. The lowest BCUT2D eigenvalue weighted by Gasteiger charge is -2.22. The molecule has 0 radical (unpaired) electrons. The van der Waals surface area contributed by atoms with E-state index < -0.39 is 0 Å². The van der Waals surface area contributed by atoms with Crippen LogP contribution in [0.15, 0.2) is 24.3 Å². The predicted octanol–water partition coefficient (Wildman–Crippen LogP) is 4.59. The standard InChI is InChI=1S/C17H28FN/c1-5-14(4)10-16(12-19-11-13(2)3)15-6-8-17(18)9-7-15/h6-9,13-14,16,19H,5,10-12H2,1-4H3. The van der Waals surface area contributed by atoms with Crippen molar-refractivity contribution >= 4 is 0 Å². The van der Waals surface area contributed by atoms with Crippen molar-refractivity contribution in [1.82, 2.24) is 5.32 Å². The van der Waals surface area contributed by atoms with Crippen LogP contribution in [0.5, 0.6) is 0 Å². The third-order valence-corrected chi connectivity index (χ3v) is 3.67. The van der Waals surface area contributed by atoms with Gasteiger partial charge in [-0.1, -0.05) is 46.2 Å². The highest BCUT2D eigenvalue weighted by Crippen LogP contribution is 2.25. The number of halogens is 1. The van der Waals surface area contributed by atoms with Gasteiger partial charge >= 0.3 is 0 Å². The summed E-state index contributed by atoms with van der Waals surface area (Å²) in [6.07, 6.45) is 2.36. The zero-order chi connectivity index (χ0) is 14.3. The van der Waals surface area contributed by atoms with E-state index in [2.05, 4.69) is 33.0 Å². The monoisotopic (exact) mass is 265 g/mol. The second-order valence-corrected chi connectivity index (χ2v) is 6.05. The molecule has 0 aliphatic rings. The number of benzene rings is 1. The average molecular weight is 265 g/mol. The number of nitrogens with one attached hydrogen (secondary N) is 1. The first-order valence-corrected chi connectivity index (χ1v) is 7.49. The maximum absolute atomic E-state index is 13.0. The predicted molar refractivity (Wildman–Crippen MR) is 80.9 cm³/mol. The van der Waals surface area contributed by atoms with Gasteiger partial charge in [-0.25, -0.2) is 4.39 Å². The Morgan fingerprint density at radius 3 is 2.21 bits per heavy atom. The number of hydrogen-bond donors (Lipinski definition) is 1. The van der Waals surface area contributed by atoms with Crippen molar-refractivity contribution in [2.75, 3.05) is 13.1 Å². The van der Waals surface area contributed by atoms with E-state index >= 15 is 0 Å². The molecule has 1 N–H and O–H groups in total. The van der Waals surface area contributed by atoms with Gasteiger partial charge in [0, 0.05) is 6.54 Å². The van der Waals surface area contributed by atoms with Crippen molar-refractivity contribution in [2.45, 2.75) is 46.5 Å². The fraction of sp³-hybridized carbons (Fsp3) is 0.647. The van der Waals surface area contributed by atoms with Gasteiger partial charge in [-0.05, 0) is 48.4 Å². The molecule has 1 aromatic carbocycles. The zero-order valence-electron chi connectivity index (χ0n) is 12.7. The van der Waals surface area contributed by atoms with Crippen LogP contribution in [0.4, 0.5) is 4.39 Å². The first kappa shape index (κ1) is 16.2. The van der Waals surface area contributed by atoms with Crippen LogP contribution >= 0.6 is 0 Å². The molecule has 0 aromatic heterocycles. The van der Waals surface area contributed by atoms with E-state index in [0.29, 0.717) is 17.8 Å². The molecule has 0 amide bonds. The van der Waals surface area contributed by atoms with Crippen molar-refractivity contribution < 1.29 is 4.39 Å². The Balaban J connectivity index is 2.65. The number of hydrogen-bond acceptors (Lipinski definition) is 1. The molecule has 108 valence electrons. The summed E-state index contributed by atoms with van der Waals surface area (Å²) in [6, 6.07) is 7.00. The van der Waals surface area contributed by atoms with Crippen molar-refractivity contribution in [3.05, 3.63) is 35.6 Å². The maximum atomic E-state index is 13.0. The SMILES string of the molecule is CCC(C)CC(CNCC(C)C)c1ccc(F)cc1. The maximum Gasteiger partial charge on any atom is 0.123 e. The van der Waals surface area contributed by atoms with Gasteiger partial charge in [0.25, 0.3) is 0 Å². The van der Waals surface area contributed by atoms with Gasteiger partial charge in [-0.2, -0.15) is 0 Å². The molecule has 2 unspecified atom stereocenters. The van der Waals surface area contributed by atoms with Crippen LogP contribution in [0.3, 0.4) is 0 Å². The highest BCUT2D eigenvalue weighted by molar-refractivity contribution is 5.21.